The van der Waals surface area contributed by atoms with Crippen LogP contribution >= 0.6 is 0 Å². The first-order chi connectivity index (χ1) is 10.8. The lowest BCUT2D eigenvalue weighted by molar-refractivity contribution is -0.146. The molecule has 0 aromatic rings. The van der Waals surface area contributed by atoms with Crippen LogP contribution in [0.1, 0.15) is 33.6 Å². The number of allylic oxidation sites excluding steroid dienone is 1. The number of nitrogens with zero attached hydrogens (tertiary/aromatic N) is 2. The molecule has 4 atom stereocenters. The van der Waals surface area contributed by atoms with Crippen LogP contribution in [0.15, 0.2) is 28.4 Å². The Hall–Kier alpha value is -2.15. The summed E-state index contributed by atoms with van der Waals surface area (Å²) in [5.41, 5.74) is 5.79. The Morgan fingerprint density at radius 3 is 2.83 bits per heavy atom. The lowest BCUT2D eigenvalue weighted by Gasteiger charge is -2.46. The van der Waals surface area contributed by atoms with Gasteiger partial charge in [-0.1, -0.05) is 13.0 Å². The van der Waals surface area contributed by atoms with Gasteiger partial charge in [0, 0.05) is 11.6 Å². The quantitative estimate of drug-likeness (QED) is 0.633. The maximum absolute atomic E-state index is 13.1. The molecule has 124 valence electrons. The second-order valence-corrected chi connectivity index (χ2v) is 6.65. The lowest BCUT2D eigenvalue weighted by atomic mass is 9.82. The lowest BCUT2D eigenvalue weighted by Crippen LogP contribution is -2.66. The SMILES string of the molecule is CC1=NC2C(=C(N)C=CC2C)C(=O)N1[C@@]1(C)CCC(O)NC1=O. The molecule has 0 aromatic carbocycles. The molecule has 3 unspecified atom stereocenters. The molecule has 0 radical (unpaired) electrons. The van der Waals surface area contributed by atoms with Gasteiger partial charge in [0.2, 0.25) is 5.91 Å². The highest BCUT2D eigenvalue weighted by atomic mass is 16.3. The maximum Gasteiger partial charge on any atom is 0.260 e. The van der Waals surface area contributed by atoms with E-state index in [1.54, 1.807) is 19.9 Å². The number of aliphatic hydroxyl groups is 1. The van der Waals surface area contributed by atoms with Crippen LogP contribution in [-0.4, -0.2) is 45.5 Å². The topological polar surface area (TPSA) is 108 Å². The average molecular weight is 318 g/mol. The van der Waals surface area contributed by atoms with Gasteiger partial charge in [0.1, 0.15) is 17.6 Å². The number of aliphatic hydroxyl groups excluding tert-OH is 1. The first-order valence-corrected chi connectivity index (χ1v) is 7.81. The Morgan fingerprint density at radius 2 is 2.17 bits per heavy atom. The van der Waals surface area contributed by atoms with E-state index in [2.05, 4.69) is 10.3 Å². The van der Waals surface area contributed by atoms with Crippen LogP contribution in [0.5, 0.6) is 0 Å². The molecule has 3 aliphatic rings. The average Bonchev–Trinajstić information content (AvgIpc) is 2.47. The van der Waals surface area contributed by atoms with E-state index in [4.69, 9.17) is 5.73 Å². The Kier molecular flexibility index (Phi) is 3.55. The molecule has 2 heterocycles. The Labute approximate surface area is 134 Å². The van der Waals surface area contributed by atoms with E-state index in [0.29, 0.717) is 29.9 Å². The Morgan fingerprint density at radius 1 is 1.48 bits per heavy atom. The number of amides is 2. The number of carbonyl (C=O) groups excluding carboxylic acids is 2. The number of aliphatic imine (C=N–C) groups is 1. The number of amidine groups is 1. The minimum absolute atomic E-state index is 0.0770. The number of hydrogen-bond donors (Lipinski definition) is 3. The van der Waals surface area contributed by atoms with E-state index in [0.717, 1.165) is 0 Å². The van der Waals surface area contributed by atoms with Crippen molar-refractivity contribution in [3.63, 3.8) is 0 Å². The number of carbonyl (C=O) groups is 2. The van der Waals surface area contributed by atoms with Crippen LogP contribution in [0, 0.1) is 5.92 Å². The van der Waals surface area contributed by atoms with Crippen molar-refractivity contribution < 1.29 is 14.7 Å². The van der Waals surface area contributed by atoms with Crippen molar-refractivity contribution in [3.8, 4) is 0 Å². The summed E-state index contributed by atoms with van der Waals surface area (Å²) >= 11 is 0. The molecule has 23 heavy (non-hydrogen) atoms. The third-order valence-electron chi connectivity index (χ3n) is 4.95. The third kappa shape index (κ3) is 2.26. The van der Waals surface area contributed by atoms with Crippen LogP contribution in [0.4, 0.5) is 0 Å². The fourth-order valence-electron chi connectivity index (χ4n) is 3.55. The monoisotopic (exact) mass is 318 g/mol. The van der Waals surface area contributed by atoms with Gasteiger partial charge in [-0.25, -0.2) is 0 Å². The number of nitrogens with two attached hydrogens (primary N) is 1. The van der Waals surface area contributed by atoms with Crippen LogP contribution < -0.4 is 11.1 Å². The summed E-state index contributed by atoms with van der Waals surface area (Å²) in [5.74, 6) is -0.0673. The standard InChI is InChI=1S/C16H22N4O3/c1-8-4-5-10(17)12-13(8)18-9(2)20(14(12)22)16(3)7-6-11(21)19-15(16)23/h4-5,8,11,13,21H,6-7,17H2,1-3H3,(H,19,23)/t8?,11?,13?,16-/m0/s1. The van der Waals surface area contributed by atoms with Gasteiger partial charge < -0.3 is 16.2 Å². The molecule has 0 saturated carbocycles. The van der Waals surface area contributed by atoms with Gasteiger partial charge in [-0.05, 0) is 32.8 Å². The minimum atomic E-state index is -1.08. The molecule has 0 bridgehead atoms. The van der Waals surface area contributed by atoms with Gasteiger partial charge in [-0.15, -0.1) is 0 Å². The summed E-state index contributed by atoms with van der Waals surface area (Å²) in [6, 6.07) is -0.301. The van der Waals surface area contributed by atoms with Crippen molar-refractivity contribution in [1.82, 2.24) is 10.2 Å². The molecule has 2 aliphatic heterocycles. The van der Waals surface area contributed by atoms with Crippen molar-refractivity contribution >= 4 is 17.6 Å². The van der Waals surface area contributed by atoms with Crippen LogP contribution in [0.3, 0.4) is 0 Å². The summed E-state index contributed by atoms with van der Waals surface area (Å²) < 4.78 is 0. The molecular formula is C16H22N4O3. The predicted octanol–water partition coefficient (Wildman–Crippen LogP) is 0.0214. The smallest absolute Gasteiger partial charge is 0.260 e. The number of nitrogens with one attached hydrogen (secondary N) is 1. The molecule has 1 aliphatic carbocycles. The second-order valence-electron chi connectivity index (χ2n) is 6.65. The largest absolute Gasteiger partial charge is 0.398 e. The summed E-state index contributed by atoms with van der Waals surface area (Å²) in [5, 5.41) is 12.1. The van der Waals surface area contributed by atoms with Crippen molar-refractivity contribution in [2.24, 2.45) is 16.6 Å². The van der Waals surface area contributed by atoms with Gasteiger partial charge in [-0.3, -0.25) is 19.5 Å². The van der Waals surface area contributed by atoms with E-state index in [9.17, 15) is 14.7 Å². The van der Waals surface area contributed by atoms with Gasteiger partial charge in [0.05, 0.1) is 11.6 Å². The Bertz CT molecular complexity index is 666. The van der Waals surface area contributed by atoms with Gasteiger partial charge >= 0.3 is 0 Å². The molecule has 7 heteroatoms. The summed E-state index contributed by atoms with van der Waals surface area (Å²) in [4.78, 5) is 31.6. The molecule has 0 aromatic heterocycles. The zero-order valence-electron chi connectivity index (χ0n) is 13.5. The van der Waals surface area contributed by atoms with E-state index in [-0.39, 0.29) is 23.8 Å². The summed E-state index contributed by atoms with van der Waals surface area (Å²) in [7, 11) is 0. The van der Waals surface area contributed by atoms with Gasteiger partial charge in [-0.2, -0.15) is 0 Å². The number of rotatable bonds is 1. The van der Waals surface area contributed by atoms with Crippen molar-refractivity contribution in [2.45, 2.75) is 51.4 Å². The first kappa shape index (κ1) is 15.7. The van der Waals surface area contributed by atoms with E-state index < -0.39 is 11.8 Å². The summed E-state index contributed by atoms with van der Waals surface area (Å²) in [6.45, 7) is 5.42. The molecule has 3 rings (SSSR count). The van der Waals surface area contributed by atoms with Crippen molar-refractivity contribution in [3.05, 3.63) is 23.4 Å². The molecule has 2 amide bonds. The highest BCUT2D eigenvalue weighted by molar-refractivity contribution is 6.13. The zero-order valence-corrected chi connectivity index (χ0v) is 13.5. The fourth-order valence-corrected chi connectivity index (χ4v) is 3.55. The molecule has 1 fully saturated rings. The van der Waals surface area contributed by atoms with Gasteiger partial charge in [0.25, 0.3) is 5.91 Å². The van der Waals surface area contributed by atoms with E-state index in [1.165, 1.54) is 4.90 Å². The van der Waals surface area contributed by atoms with Crippen molar-refractivity contribution in [1.29, 1.82) is 0 Å². The van der Waals surface area contributed by atoms with E-state index >= 15 is 0 Å². The fraction of sp³-hybridized carbons (Fsp3) is 0.562. The molecular weight excluding hydrogens is 296 g/mol. The van der Waals surface area contributed by atoms with Gasteiger partial charge in [0.15, 0.2) is 0 Å². The minimum Gasteiger partial charge on any atom is -0.398 e. The highest BCUT2D eigenvalue weighted by Gasteiger charge is 2.50. The zero-order chi connectivity index (χ0) is 16.9. The number of fused-ring (bicyclic) bond motifs is 1. The molecule has 4 N–H and O–H groups in total. The molecule has 7 nitrogen and oxygen atoms in total. The van der Waals surface area contributed by atoms with Crippen molar-refractivity contribution in [2.75, 3.05) is 0 Å². The number of hydrogen-bond acceptors (Lipinski definition) is 5. The van der Waals surface area contributed by atoms with Crippen LogP contribution in [0.25, 0.3) is 0 Å². The normalized spacial score (nSPS) is 37.5. The third-order valence-corrected chi connectivity index (χ3v) is 4.95. The molecule has 1 saturated heterocycles. The molecule has 0 spiro atoms. The Balaban J connectivity index is 2.06. The predicted molar refractivity (Wildman–Crippen MR) is 85.0 cm³/mol. The second kappa shape index (κ2) is 5.19. The first-order valence-electron chi connectivity index (χ1n) is 7.81. The highest BCUT2D eigenvalue weighted by Crippen LogP contribution is 2.36. The number of piperidine rings is 1. The van der Waals surface area contributed by atoms with Crippen LogP contribution in [0.2, 0.25) is 0 Å². The van der Waals surface area contributed by atoms with Crippen LogP contribution in [-0.2, 0) is 9.59 Å². The maximum atomic E-state index is 13.1. The van der Waals surface area contributed by atoms with E-state index in [1.807, 2.05) is 13.0 Å². The summed E-state index contributed by atoms with van der Waals surface area (Å²) in [6.07, 6.45) is 3.54.